The average Bonchev–Trinajstić information content (AvgIpc) is 3.58. The van der Waals surface area contributed by atoms with Gasteiger partial charge in [-0.25, -0.2) is 4.79 Å². The maximum absolute atomic E-state index is 12.9. The number of carbonyl (C=O) groups excluding carboxylic acids is 1. The number of likely N-dealkylation sites (tertiary alicyclic amines) is 1. The third kappa shape index (κ3) is 4.01. The zero-order chi connectivity index (χ0) is 21.5. The highest BCUT2D eigenvalue weighted by atomic mass is 16.6. The number of epoxide rings is 2. The van der Waals surface area contributed by atoms with Gasteiger partial charge in [0.15, 0.2) is 0 Å². The van der Waals surface area contributed by atoms with E-state index >= 15 is 0 Å². The molecular weight excluding hydrogens is 384 g/mol. The van der Waals surface area contributed by atoms with Gasteiger partial charge in [0.2, 0.25) is 0 Å². The summed E-state index contributed by atoms with van der Waals surface area (Å²) in [6.07, 6.45) is 5.24. The monoisotopic (exact) mass is 422 g/mol. The Balaban J connectivity index is 1.43. The van der Waals surface area contributed by atoms with Gasteiger partial charge in [0.05, 0.1) is 18.6 Å². The molecule has 1 spiro atoms. The molecule has 0 bridgehead atoms. The number of nitrogens with zero attached hydrogens (tertiary/aromatic N) is 1. The Kier molecular flexibility index (Phi) is 6.19. The van der Waals surface area contributed by atoms with Crippen LogP contribution in [0.1, 0.15) is 53.4 Å². The largest absolute Gasteiger partial charge is 0.443 e. The summed E-state index contributed by atoms with van der Waals surface area (Å²) >= 11 is 0. The number of hydrogen-bond donors (Lipinski definition) is 1. The molecule has 1 saturated carbocycles. The quantitative estimate of drug-likeness (QED) is 0.479. The van der Waals surface area contributed by atoms with Crippen LogP contribution in [0.5, 0.6) is 0 Å². The molecule has 4 aliphatic rings. The summed E-state index contributed by atoms with van der Waals surface area (Å²) < 4.78 is 24.2. The molecule has 7 atom stereocenters. The fourth-order valence-electron chi connectivity index (χ4n) is 5.47. The fourth-order valence-corrected chi connectivity index (χ4v) is 5.47. The number of methoxy groups -OCH3 is 1. The standard InChI is InChI=1S/C23H38N2O5/c1-6-24-13-16-10-12-25(16)21(26)29-17-9-11-23(14-28-23)20(19(17)27-5)22(4)18(30-22)8-7-15(2)3/h7,16-20,24H,6,8-14H2,1-5H3/t16-,17-,18-,19-,20-,22+,23+/m1/s1. The van der Waals surface area contributed by atoms with Crippen LogP contribution in [0.2, 0.25) is 0 Å². The van der Waals surface area contributed by atoms with Crippen LogP contribution in [0.4, 0.5) is 4.79 Å². The highest BCUT2D eigenvalue weighted by Crippen LogP contribution is 2.59. The first kappa shape index (κ1) is 22.1. The van der Waals surface area contributed by atoms with E-state index in [-0.39, 0.29) is 47.6 Å². The van der Waals surface area contributed by atoms with Gasteiger partial charge < -0.3 is 29.2 Å². The lowest BCUT2D eigenvalue weighted by Crippen LogP contribution is -2.59. The molecule has 7 heteroatoms. The predicted octanol–water partition coefficient (Wildman–Crippen LogP) is 2.88. The van der Waals surface area contributed by atoms with Crippen LogP contribution in [-0.2, 0) is 18.9 Å². The molecule has 4 fully saturated rings. The van der Waals surface area contributed by atoms with Crippen LogP contribution < -0.4 is 5.32 Å². The van der Waals surface area contributed by atoms with Gasteiger partial charge in [-0.15, -0.1) is 0 Å². The topological polar surface area (TPSA) is 75.9 Å². The Morgan fingerprint density at radius 3 is 2.67 bits per heavy atom. The number of amides is 1. The van der Waals surface area contributed by atoms with E-state index in [0.717, 1.165) is 51.9 Å². The molecule has 7 nitrogen and oxygen atoms in total. The van der Waals surface area contributed by atoms with E-state index in [1.807, 2.05) is 4.90 Å². The van der Waals surface area contributed by atoms with E-state index in [1.165, 1.54) is 5.57 Å². The molecule has 0 aromatic heterocycles. The second-order valence-corrected chi connectivity index (χ2v) is 9.74. The molecule has 1 aliphatic carbocycles. The Morgan fingerprint density at radius 2 is 2.10 bits per heavy atom. The number of rotatable bonds is 8. The summed E-state index contributed by atoms with van der Waals surface area (Å²) in [6, 6.07) is 0.230. The second kappa shape index (κ2) is 8.41. The summed E-state index contributed by atoms with van der Waals surface area (Å²) in [7, 11) is 1.72. The minimum Gasteiger partial charge on any atom is -0.443 e. The highest BCUT2D eigenvalue weighted by Gasteiger charge is 2.72. The third-order valence-electron chi connectivity index (χ3n) is 7.50. The van der Waals surface area contributed by atoms with E-state index in [2.05, 4.69) is 39.1 Å². The van der Waals surface area contributed by atoms with E-state index in [4.69, 9.17) is 18.9 Å². The van der Waals surface area contributed by atoms with Crippen LogP contribution in [-0.4, -0.2) is 79.9 Å². The van der Waals surface area contributed by atoms with Gasteiger partial charge in [-0.3, -0.25) is 0 Å². The lowest BCUT2D eigenvalue weighted by atomic mass is 9.68. The van der Waals surface area contributed by atoms with Gasteiger partial charge in [0.1, 0.15) is 23.4 Å². The van der Waals surface area contributed by atoms with Crippen LogP contribution in [0.25, 0.3) is 0 Å². The molecule has 1 N–H and O–H groups in total. The normalized spacial score (nSPS) is 41.9. The van der Waals surface area contributed by atoms with Crippen molar-refractivity contribution >= 4 is 6.09 Å². The first-order valence-electron chi connectivity index (χ1n) is 11.5. The molecule has 3 heterocycles. The van der Waals surface area contributed by atoms with Gasteiger partial charge in [0, 0.05) is 26.2 Å². The molecule has 4 rings (SSSR count). The zero-order valence-electron chi connectivity index (χ0n) is 19.1. The third-order valence-corrected chi connectivity index (χ3v) is 7.50. The summed E-state index contributed by atoms with van der Waals surface area (Å²) in [5.41, 5.74) is 0.798. The summed E-state index contributed by atoms with van der Waals surface area (Å²) in [6.45, 7) is 11.7. The lowest BCUT2D eigenvalue weighted by Gasteiger charge is -2.45. The summed E-state index contributed by atoms with van der Waals surface area (Å²) in [4.78, 5) is 14.7. The van der Waals surface area contributed by atoms with Crippen molar-refractivity contribution in [3.05, 3.63) is 11.6 Å². The number of carbonyl (C=O) groups is 1. The smallest absolute Gasteiger partial charge is 0.410 e. The highest BCUT2D eigenvalue weighted by molar-refractivity contribution is 5.69. The number of nitrogens with one attached hydrogen (secondary N) is 1. The first-order valence-corrected chi connectivity index (χ1v) is 11.5. The van der Waals surface area contributed by atoms with Crippen LogP contribution in [0, 0.1) is 5.92 Å². The molecule has 0 aromatic carbocycles. The predicted molar refractivity (Wildman–Crippen MR) is 113 cm³/mol. The summed E-state index contributed by atoms with van der Waals surface area (Å²) in [5.74, 6) is 0.0612. The van der Waals surface area contributed by atoms with Crippen molar-refractivity contribution < 1.29 is 23.7 Å². The van der Waals surface area contributed by atoms with Crippen LogP contribution in [0.15, 0.2) is 11.6 Å². The van der Waals surface area contributed by atoms with Crippen molar-refractivity contribution in [1.29, 1.82) is 0 Å². The van der Waals surface area contributed by atoms with Crippen molar-refractivity contribution in [3.8, 4) is 0 Å². The Bertz CT molecular complexity index is 675. The number of likely N-dealkylation sites (N-methyl/N-ethyl adjacent to an activating group) is 1. The Labute approximate surface area is 180 Å². The van der Waals surface area contributed by atoms with E-state index in [9.17, 15) is 4.79 Å². The molecular formula is C23H38N2O5. The average molecular weight is 423 g/mol. The van der Waals surface area contributed by atoms with Gasteiger partial charge in [0.25, 0.3) is 0 Å². The van der Waals surface area contributed by atoms with Crippen molar-refractivity contribution in [1.82, 2.24) is 10.2 Å². The SMILES string of the molecule is CCNC[C@H]1CCN1C(=O)O[C@@H]1CC[C@]2(CO2)[C@@H]([C@@]2(C)O[C@@H]2CC=C(C)C)[C@@H]1OC. The molecule has 0 aromatic rings. The van der Waals surface area contributed by atoms with Gasteiger partial charge in [-0.05, 0) is 53.0 Å². The van der Waals surface area contributed by atoms with Crippen molar-refractivity contribution in [3.63, 3.8) is 0 Å². The van der Waals surface area contributed by atoms with Crippen LogP contribution >= 0.6 is 0 Å². The number of ether oxygens (including phenoxy) is 4. The van der Waals surface area contributed by atoms with Gasteiger partial charge in [-0.2, -0.15) is 0 Å². The van der Waals surface area contributed by atoms with E-state index in [0.29, 0.717) is 0 Å². The van der Waals surface area contributed by atoms with Crippen LogP contribution in [0.3, 0.4) is 0 Å². The molecule has 30 heavy (non-hydrogen) atoms. The van der Waals surface area contributed by atoms with E-state index < -0.39 is 0 Å². The molecule has 170 valence electrons. The minimum atomic E-state index is -0.307. The van der Waals surface area contributed by atoms with Crippen molar-refractivity contribution in [2.24, 2.45) is 5.92 Å². The molecule has 1 amide bonds. The molecule has 3 aliphatic heterocycles. The Hall–Kier alpha value is -1.15. The molecule has 0 radical (unpaired) electrons. The fraction of sp³-hybridized carbons (Fsp3) is 0.870. The zero-order valence-corrected chi connectivity index (χ0v) is 19.1. The second-order valence-electron chi connectivity index (χ2n) is 9.74. The number of hydrogen-bond acceptors (Lipinski definition) is 6. The first-order chi connectivity index (χ1) is 14.3. The van der Waals surface area contributed by atoms with Gasteiger partial charge >= 0.3 is 6.09 Å². The molecule has 0 unspecified atom stereocenters. The number of allylic oxidation sites excluding steroid dienone is 1. The lowest BCUT2D eigenvalue weighted by molar-refractivity contribution is -0.125. The Morgan fingerprint density at radius 1 is 1.33 bits per heavy atom. The molecule has 3 saturated heterocycles. The maximum atomic E-state index is 12.9. The van der Waals surface area contributed by atoms with Crippen molar-refractivity contribution in [2.45, 2.75) is 88.9 Å². The minimum absolute atomic E-state index is 0.0612. The summed E-state index contributed by atoms with van der Waals surface area (Å²) in [5, 5.41) is 3.33. The maximum Gasteiger partial charge on any atom is 0.410 e. The van der Waals surface area contributed by atoms with Gasteiger partial charge in [-0.1, -0.05) is 18.6 Å². The van der Waals surface area contributed by atoms with Crippen molar-refractivity contribution in [2.75, 3.05) is 33.4 Å². The van der Waals surface area contributed by atoms with E-state index in [1.54, 1.807) is 7.11 Å².